The maximum Gasteiger partial charge on any atom is 0.305 e. The van der Waals surface area contributed by atoms with Crippen molar-refractivity contribution in [3.05, 3.63) is 24.3 Å². The molecule has 3 fully saturated rings. The quantitative estimate of drug-likeness (QED) is 0.244. The van der Waals surface area contributed by atoms with Gasteiger partial charge in [0.15, 0.2) is 0 Å². The van der Waals surface area contributed by atoms with Crippen LogP contribution in [-0.4, -0.2) is 47.1 Å². The number of aliphatic hydroxyl groups is 2. The van der Waals surface area contributed by atoms with Crippen LogP contribution < -0.4 is 0 Å². The van der Waals surface area contributed by atoms with Crippen molar-refractivity contribution in [1.82, 2.24) is 0 Å². The number of allylic oxidation sites excluding steroid dienone is 1. The summed E-state index contributed by atoms with van der Waals surface area (Å²) in [5, 5.41) is 22.3. The molecule has 39 heavy (non-hydrogen) atoms. The SMILES string of the molecule is C=C(C)C1CCC2(C)C(CCC3C(C(C)(O)CC=CC(C)(O)COC(C)=O)CCC32C)C1(C)CCC(=O)OC. The largest absolute Gasteiger partial charge is 0.469 e. The second-order valence-corrected chi connectivity index (χ2v) is 14.3. The number of hydrogen-bond acceptors (Lipinski definition) is 6. The van der Waals surface area contributed by atoms with Gasteiger partial charge in [-0.25, -0.2) is 0 Å². The van der Waals surface area contributed by atoms with Crippen molar-refractivity contribution in [3.8, 4) is 0 Å². The Morgan fingerprint density at radius 1 is 1.03 bits per heavy atom. The third-order valence-electron chi connectivity index (χ3n) is 11.7. The standard InChI is InChI=1S/C33H54O6/c1-22(2)24-13-20-32(7)27(30(24,5)18-15-28(35)38-9)12-11-25-26(14-19-31(25,32)6)33(8,37)17-10-16-29(4,36)21-39-23(3)34/h10,16,24-27,36-37H,1,11-15,17-21H2,2-9H3. The van der Waals surface area contributed by atoms with Gasteiger partial charge in [0.2, 0.25) is 0 Å². The fraction of sp³-hybridized carbons (Fsp3) is 0.818. The van der Waals surface area contributed by atoms with Crippen LogP contribution in [0.1, 0.15) is 106 Å². The average Bonchev–Trinajstić information content (AvgIpc) is 3.20. The number of rotatable bonds is 10. The van der Waals surface area contributed by atoms with E-state index in [1.807, 2.05) is 13.0 Å². The minimum atomic E-state index is -1.27. The van der Waals surface area contributed by atoms with E-state index in [4.69, 9.17) is 9.47 Å². The lowest BCUT2D eigenvalue weighted by atomic mass is 9.38. The molecule has 0 spiro atoms. The summed E-state index contributed by atoms with van der Waals surface area (Å²) in [4.78, 5) is 23.3. The number of methoxy groups -OCH3 is 1. The molecule has 3 aliphatic carbocycles. The van der Waals surface area contributed by atoms with Crippen molar-refractivity contribution in [2.24, 2.45) is 39.9 Å². The van der Waals surface area contributed by atoms with Gasteiger partial charge < -0.3 is 19.7 Å². The Labute approximate surface area is 236 Å². The highest BCUT2D eigenvalue weighted by atomic mass is 16.5. The van der Waals surface area contributed by atoms with Crippen molar-refractivity contribution in [2.45, 2.75) is 117 Å². The molecular formula is C33H54O6. The van der Waals surface area contributed by atoms with Gasteiger partial charge in [0, 0.05) is 13.3 Å². The normalized spacial score (nSPS) is 39.2. The van der Waals surface area contributed by atoms with Crippen LogP contribution in [-0.2, 0) is 19.1 Å². The van der Waals surface area contributed by atoms with E-state index in [2.05, 4.69) is 34.3 Å². The number of esters is 2. The molecule has 3 rings (SSSR count). The molecule has 0 aromatic carbocycles. The van der Waals surface area contributed by atoms with Crippen molar-refractivity contribution in [3.63, 3.8) is 0 Å². The van der Waals surface area contributed by atoms with Crippen molar-refractivity contribution in [1.29, 1.82) is 0 Å². The van der Waals surface area contributed by atoms with Crippen molar-refractivity contribution in [2.75, 3.05) is 13.7 Å². The van der Waals surface area contributed by atoms with Crippen molar-refractivity contribution >= 4 is 11.9 Å². The molecule has 6 heteroatoms. The number of ether oxygens (including phenoxy) is 2. The lowest BCUT2D eigenvalue weighted by molar-refractivity contribution is -0.178. The van der Waals surface area contributed by atoms with Gasteiger partial charge in [0.05, 0.1) is 12.7 Å². The van der Waals surface area contributed by atoms with Gasteiger partial charge in [-0.15, -0.1) is 0 Å². The van der Waals surface area contributed by atoms with E-state index >= 15 is 0 Å². The van der Waals surface area contributed by atoms with Crippen molar-refractivity contribution < 1.29 is 29.3 Å². The first-order valence-corrected chi connectivity index (χ1v) is 14.9. The molecule has 0 saturated heterocycles. The summed E-state index contributed by atoms with van der Waals surface area (Å²) < 4.78 is 10.0. The van der Waals surface area contributed by atoms with E-state index in [0.717, 1.165) is 44.9 Å². The van der Waals surface area contributed by atoms with E-state index in [9.17, 15) is 19.8 Å². The summed E-state index contributed by atoms with van der Waals surface area (Å²) in [5.41, 5.74) is -0.752. The van der Waals surface area contributed by atoms with Crippen LogP contribution in [0.4, 0.5) is 0 Å². The van der Waals surface area contributed by atoms with Crippen LogP contribution in [0.15, 0.2) is 24.3 Å². The predicted octanol–water partition coefficient (Wildman–Crippen LogP) is 6.39. The van der Waals surface area contributed by atoms with Gasteiger partial charge in [-0.1, -0.05) is 45.1 Å². The summed E-state index contributed by atoms with van der Waals surface area (Å²) in [6, 6.07) is 0. The van der Waals surface area contributed by atoms with Gasteiger partial charge in [0.1, 0.15) is 12.2 Å². The smallest absolute Gasteiger partial charge is 0.305 e. The molecule has 9 atom stereocenters. The highest BCUT2D eigenvalue weighted by Crippen LogP contribution is 2.74. The number of carbonyl (C=O) groups excluding carboxylic acids is 2. The summed E-state index contributed by atoms with van der Waals surface area (Å²) in [6.07, 6.45) is 11.6. The molecule has 0 bridgehead atoms. The summed E-state index contributed by atoms with van der Waals surface area (Å²) in [6.45, 7) is 18.7. The molecule has 2 N–H and O–H groups in total. The fourth-order valence-corrected chi connectivity index (χ4v) is 9.49. The molecule has 0 aromatic heterocycles. The predicted molar refractivity (Wildman–Crippen MR) is 154 cm³/mol. The second kappa shape index (κ2) is 11.3. The second-order valence-electron chi connectivity index (χ2n) is 14.3. The molecule has 0 amide bonds. The van der Waals surface area contributed by atoms with Crippen LogP contribution in [0, 0.1) is 39.9 Å². The minimum Gasteiger partial charge on any atom is -0.469 e. The maximum atomic E-state index is 12.2. The Balaban J connectivity index is 1.83. The summed E-state index contributed by atoms with van der Waals surface area (Å²) in [7, 11) is 1.47. The Morgan fingerprint density at radius 2 is 1.67 bits per heavy atom. The van der Waals surface area contributed by atoms with E-state index in [1.165, 1.54) is 19.6 Å². The van der Waals surface area contributed by atoms with Crippen LogP contribution in [0.2, 0.25) is 0 Å². The molecule has 0 radical (unpaired) electrons. The number of hydrogen-bond donors (Lipinski definition) is 2. The summed E-state index contributed by atoms with van der Waals surface area (Å²) in [5.74, 6) is 0.889. The van der Waals surface area contributed by atoms with Crippen LogP contribution in [0.5, 0.6) is 0 Å². The third kappa shape index (κ3) is 6.02. The monoisotopic (exact) mass is 546 g/mol. The van der Waals surface area contributed by atoms with Gasteiger partial charge in [-0.05, 0) is 112 Å². The van der Waals surface area contributed by atoms with E-state index in [0.29, 0.717) is 30.6 Å². The molecule has 3 saturated carbocycles. The van der Waals surface area contributed by atoms with Crippen LogP contribution in [0.3, 0.4) is 0 Å². The van der Waals surface area contributed by atoms with Crippen LogP contribution >= 0.6 is 0 Å². The van der Waals surface area contributed by atoms with Crippen LogP contribution in [0.25, 0.3) is 0 Å². The molecule has 0 heterocycles. The number of carbonyl (C=O) groups is 2. The molecule has 0 aromatic rings. The number of fused-ring (bicyclic) bond motifs is 3. The summed E-state index contributed by atoms with van der Waals surface area (Å²) >= 11 is 0. The van der Waals surface area contributed by atoms with E-state index in [-0.39, 0.29) is 34.7 Å². The first-order chi connectivity index (χ1) is 17.9. The van der Waals surface area contributed by atoms with E-state index in [1.54, 1.807) is 13.0 Å². The lowest BCUT2D eigenvalue weighted by Gasteiger charge is -2.66. The van der Waals surface area contributed by atoms with Gasteiger partial charge in [-0.2, -0.15) is 0 Å². The molecule has 0 aliphatic heterocycles. The Bertz CT molecular complexity index is 965. The topological polar surface area (TPSA) is 93.1 Å². The van der Waals surface area contributed by atoms with Gasteiger partial charge in [-0.3, -0.25) is 9.59 Å². The third-order valence-corrected chi connectivity index (χ3v) is 11.7. The minimum absolute atomic E-state index is 0.0160. The molecule has 6 nitrogen and oxygen atoms in total. The molecule has 3 aliphatic rings. The van der Waals surface area contributed by atoms with Gasteiger partial charge in [0.25, 0.3) is 0 Å². The highest BCUT2D eigenvalue weighted by molar-refractivity contribution is 5.69. The Kier molecular flexibility index (Phi) is 9.24. The maximum absolute atomic E-state index is 12.2. The Morgan fingerprint density at radius 3 is 2.26 bits per heavy atom. The first kappa shape index (κ1) is 31.9. The van der Waals surface area contributed by atoms with E-state index < -0.39 is 17.2 Å². The zero-order valence-electron chi connectivity index (χ0n) is 25.8. The molecule has 9 unspecified atom stereocenters. The average molecular weight is 547 g/mol. The Hall–Kier alpha value is -1.66. The first-order valence-electron chi connectivity index (χ1n) is 14.9. The zero-order chi connectivity index (χ0) is 29.4. The lowest BCUT2D eigenvalue weighted by Crippen LogP contribution is -2.60. The zero-order valence-corrected chi connectivity index (χ0v) is 25.8. The van der Waals surface area contributed by atoms with Gasteiger partial charge >= 0.3 is 11.9 Å². The highest BCUT2D eigenvalue weighted by Gasteiger charge is 2.67. The fourth-order valence-electron chi connectivity index (χ4n) is 9.49. The molecule has 222 valence electrons. The molecular weight excluding hydrogens is 492 g/mol.